The average Bonchev–Trinajstić information content (AvgIpc) is 1.87. The van der Waals surface area contributed by atoms with Crippen LogP contribution < -0.4 is 0 Å². The van der Waals surface area contributed by atoms with Crippen molar-refractivity contribution in [2.75, 3.05) is 6.61 Å². The molecule has 2 aliphatic rings. The van der Waals surface area contributed by atoms with Gasteiger partial charge in [-0.3, -0.25) is 0 Å². The van der Waals surface area contributed by atoms with E-state index in [0.29, 0.717) is 5.60 Å². The van der Waals surface area contributed by atoms with E-state index in [9.17, 15) is 0 Å². The van der Waals surface area contributed by atoms with Crippen molar-refractivity contribution in [2.24, 2.45) is 5.92 Å². The minimum absolute atomic E-state index is 0.373. The quantitative estimate of drug-likeness (QED) is 0.502. The first-order valence-corrected chi connectivity index (χ1v) is 4.45. The van der Waals surface area contributed by atoms with Crippen LogP contribution in [-0.4, -0.2) is 12.2 Å². The number of rotatable bonds is 0. The predicted octanol–water partition coefficient (Wildman–Crippen LogP) is 2.36. The van der Waals surface area contributed by atoms with Gasteiger partial charge >= 0.3 is 0 Å². The first-order chi connectivity index (χ1) is 4.81. The highest BCUT2D eigenvalue weighted by molar-refractivity contribution is 4.95. The zero-order valence-electron chi connectivity index (χ0n) is 6.73. The van der Waals surface area contributed by atoms with Gasteiger partial charge in [-0.1, -0.05) is 6.92 Å². The summed E-state index contributed by atoms with van der Waals surface area (Å²) in [5.74, 6) is 0.929. The van der Waals surface area contributed by atoms with Crippen molar-refractivity contribution in [2.45, 2.75) is 44.6 Å². The molecule has 0 unspecified atom stereocenters. The summed E-state index contributed by atoms with van der Waals surface area (Å²) >= 11 is 0. The molecule has 1 aliphatic carbocycles. The Morgan fingerprint density at radius 1 is 1.30 bits per heavy atom. The first kappa shape index (κ1) is 6.66. The van der Waals surface area contributed by atoms with Crippen LogP contribution in [0.25, 0.3) is 0 Å². The lowest BCUT2D eigenvalue weighted by molar-refractivity contribution is -0.149. The van der Waals surface area contributed by atoms with E-state index in [1.165, 1.54) is 32.1 Å². The minimum Gasteiger partial charge on any atom is -0.375 e. The van der Waals surface area contributed by atoms with Crippen LogP contribution in [0.2, 0.25) is 0 Å². The maximum atomic E-state index is 5.77. The molecule has 0 amide bonds. The van der Waals surface area contributed by atoms with Crippen molar-refractivity contribution in [3.05, 3.63) is 0 Å². The molecular weight excluding hydrogens is 124 g/mol. The van der Waals surface area contributed by atoms with E-state index in [0.717, 1.165) is 12.5 Å². The minimum atomic E-state index is 0.373. The lowest BCUT2D eigenvalue weighted by Gasteiger charge is -2.48. The predicted molar refractivity (Wildman–Crippen MR) is 40.9 cm³/mol. The van der Waals surface area contributed by atoms with Crippen molar-refractivity contribution in [1.29, 1.82) is 0 Å². The van der Waals surface area contributed by atoms with Crippen LogP contribution in [-0.2, 0) is 4.74 Å². The summed E-state index contributed by atoms with van der Waals surface area (Å²) in [6, 6.07) is 0. The Hall–Kier alpha value is -0.0400. The largest absolute Gasteiger partial charge is 0.375 e. The molecule has 0 aromatic rings. The second-order valence-electron chi connectivity index (χ2n) is 4.00. The van der Waals surface area contributed by atoms with Crippen molar-refractivity contribution in [3.63, 3.8) is 0 Å². The summed E-state index contributed by atoms with van der Waals surface area (Å²) in [6.45, 7) is 3.34. The van der Waals surface area contributed by atoms with Crippen molar-refractivity contribution >= 4 is 0 Å². The molecule has 0 aromatic carbocycles. The van der Waals surface area contributed by atoms with Gasteiger partial charge in [0.15, 0.2) is 0 Å². The Bertz CT molecular complexity index is 109. The highest BCUT2D eigenvalue weighted by atomic mass is 16.5. The van der Waals surface area contributed by atoms with Crippen LogP contribution in [0.15, 0.2) is 0 Å². The van der Waals surface area contributed by atoms with Gasteiger partial charge in [-0.2, -0.15) is 0 Å². The topological polar surface area (TPSA) is 9.23 Å². The third-order valence-corrected chi connectivity index (χ3v) is 2.88. The molecule has 1 heteroatoms. The third-order valence-electron chi connectivity index (χ3n) is 2.88. The van der Waals surface area contributed by atoms with Gasteiger partial charge in [0, 0.05) is 6.61 Å². The number of hydrogen-bond acceptors (Lipinski definition) is 1. The standard InChI is InChI=1S/C9H16O/c1-8-6-9(7-8)4-2-3-5-10-9/h8H,2-7H2,1H3. The molecular formula is C9H16O. The number of hydrogen-bond donors (Lipinski definition) is 0. The van der Waals surface area contributed by atoms with E-state index in [2.05, 4.69) is 6.92 Å². The second-order valence-corrected chi connectivity index (χ2v) is 4.00. The smallest absolute Gasteiger partial charge is 0.0687 e. The molecule has 58 valence electrons. The first-order valence-electron chi connectivity index (χ1n) is 4.45. The summed E-state index contributed by atoms with van der Waals surface area (Å²) in [5.41, 5.74) is 0.373. The van der Waals surface area contributed by atoms with Gasteiger partial charge in [-0.05, 0) is 38.0 Å². The van der Waals surface area contributed by atoms with Crippen molar-refractivity contribution < 1.29 is 4.74 Å². The molecule has 2 rings (SSSR count). The monoisotopic (exact) mass is 140 g/mol. The molecule has 1 nitrogen and oxygen atoms in total. The maximum Gasteiger partial charge on any atom is 0.0687 e. The van der Waals surface area contributed by atoms with Gasteiger partial charge in [-0.25, -0.2) is 0 Å². The molecule has 2 fully saturated rings. The Morgan fingerprint density at radius 2 is 2.10 bits per heavy atom. The van der Waals surface area contributed by atoms with Crippen molar-refractivity contribution in [3.8, 4) is 0 Å². The number of ether oxygens (including phenoxy) is 1. The molecule has 0 atom stereocenters. The maximum absolute atomic E-state index is 5.77. The van der Waals surface area contributed by atoms with Gasteiger partial charge < -0.3 is 4.74 Å². The molecule has 1 saturated heterocycles. The van der Waals surface area contributed by atoms with Gasteiger partial charge in [0.2, 0.25) is 0 Å². The van der Waals surface area contributed by atoms with Gasteiger partial charge in [0.05, 0.1) is 5.60 Å². The lowest BCUT2D eigenvalue weighted by atomic mass is 9.68. The van der Waals surface area contributed by atoms with E-state index in [1.807, 2.05) is 0 Å². The highest BCUT2D eigenvalue weighted by Crippen LogP contribution is 2.45. The van der Waals surface area contributed by atoms with Crippen LogP contribution in [0.5, 0.6) is 0 Å². The third kappa shape index (κ3) is 0.968. The molecule has 1 aliphatic heterocycles. The Labute approximate surface area is 62.8 Å². The summed E-state index contributed by atoms with van der Waals surface area (Å²) in [4.78, 5) is 0. The molecule has 0 aromatic heterocycles. The van der Waals surface area contributed by atoms with Crippen molar-refractivity contribution in [1.82, 2.24) is 0 Å². The second kappa shape index (κ2) is 2.23. The highest BCUT2D eigenvalue weighted by Gasteiger charge is 2.43. The molecule has 1 spiro atoms. The summed E-state index contributed by atoms with van der Waals surface area (Å²) in [7, 11) is 0. The lowest BCUT2D eigenvalue weighted by Crippen LogP contribution is -2.47. The van der Waals surface area contributed by atoms with E-state index in [-0.39, 0.29) is 0 Å². The molecule has 1 heterocycles. The molecule has 0 bridgehead atoms. The summed E-state index contributed by atoms with van der Waals surface area (Å²) in [6.07, 6.45) is 6.67. The fourth-order valence-corrected chi connectivity index (χ4v) is 2.44. The van der Waals surface area contributed by atoms with E-state index >= 15 is 0 Å². The van der Waals surface area contributed by atoms with Crippen LogP contribution in [0, 0.1) is 5.92 Å². The summed E-state index contributed by atoms with van der Waals surface area (Å²) in [5, 5.41) is 0. The van der Waals surface area contributed by atoms with E-state index in [4.69, 9.17) is 4.74 Å². The normalized spacial score (nSPS) is 47.1. The SMILES string of the molecule is CC1CC2(CCCCO2)C1. The van der Waals surface area contributed by atoms with Gasteiger partial charge in [-0.15, -0.1) is 0 Å². The fraction of sp³-hybridized carbons (Fsp3) is 1.00. The van der Waals surface area contributed by atoms with Gasteiger partial charge in [0.25, 0.3) is 0 Å². The molecule has 1 saturated carbocycles. The Morgan fingerprint density at radius 3 is 2.60 bits per heavy atom. The van der Waals surface area contributed by atoms with Crippen LogP contribution in [0.3, 0.4) is 0 Å². The van der Waals surface area contributed by atoms with E-state index < -0.39 is 0 Å². The average molecular weight is 140 g/mol. The van der Waals surface area contributed by atoms with Gasteiger partial charge in [0.1, 0.15) is 0 Å². The molecule has 0 N–H and O–H groups in total. The van der Waals surface area contributed by atoms with Crippen LogP contribution in [0.1, 0.15) is 39.0 Å². The summed E-state index contributed by atoms with van der Waals surface area (Å²) < 4.78 is 5.77. The molecule has 10 heavy (non-hydrogen) atoms. The Kier molecular flexibility index (Phi) is 1.48. The fourth-order valence-electron chi connectivity index (χ4n) is 2.44. The van der Waals surface area contributed by atoms with Crippen LogP contribution >= 0.6 is 0 Å². The Balaban J connectivity index is 1.90. The van der Waals surface area contributed by atoms with E-state index in [1.54, 1.807) is 0 Å². The zero-order valence-corrected chi connectivity index (χ0v) is 6.73. The molecule has 0 radical (unpaired) electrons. The zero-order chi connectivity index (χ0) is 7.03. The van der Waals surface area contributed by atoms with Crippen LogP contribution in [0.4, 0.5) is 0 Å².